The van der Waals surface area contributed by atoms with Crippen LogP contribution in [0.15, 0.2) is 71.1 Å². The average Bonchev–Trinajstić information content (AvgIpc) is 3.76. The molecule has 2 fully saturated rings. The predicted molar refractivity (Wildman–Crippen MR) is 161 cm³/mol. The number of likely N-dealkylation sites (tertiary alicyclic amines) is 1. The molecule has 0 atom stereocenters. The smallest absolute Gasteiger partial charge is 0.151 e. The van der Waals surface area contributed by atoms with Gasteiger partial charge in [0.25, 0.3) is 0 Å². The zero-order valence-electron chi connectivity index (χ0n) is 23.7. The summed E-state index contributed by atoms with van der Waals surface area (Å²) in [6.45, 7) is 4.07. The molecule has 0 bridgehead atoms. The molecule has 1 aliphatic carbocycles. The molecule has 1 saturated carbocycles. The molecule has 0 spiro atoms. The number of likely N-dealkylation sites (N-methyl/N-ethyl adjacent to an activating group) is 1. The molecule has 41 heavy (non-hydrogen) atoms. The normalized spacial score (nSPS) is 15.7. The van der Waals surface area contributed by atoms with Crippen molar-refractivity contribution in [3.05, 3.63) is 93.6 Å². The first-order valence-electron chi connectivity index (χ1n) is 13.3. The molecule has 1 aromatic heterocycles. The van der Waals surface area contributed by atoms with Crippen LogP contribution in [0.4, 0.5) is 5.69 Å². The zero-order valence-corrected chi connectivity index (χ0v) is 23.7. The minimum absolute atomic E-state index is 0.0720. The summed E-state index contributed by atoms with van der Waals surface area (Å²) in [6.07, 6.45) is 5.30. The number of hydrogen-bond donors (Lipinski definition) is 7. The lowest BCUT2D eigenvalue weighted by molar-refractivity contribution is 0.0542. The Hall–Kier alpha value is -4.86. The molecule has 2 aliphatic rings. The van der Waals surface area contributed by atoms with Gasteiger partial charge < -0.3 is 43.3 Å². The fourth-order valence-corrected chi connectivity index (χ4v) is 4.84. The second-order valence-electron chi connectivity index (χ2n) is 10.2. The van der Waals surface area contributed by atoms with Crippen molar-refractivity contribution in [2.24, 2.45) is 28.8 Å². The van der Waals surface area contributed by atoms with E-state index in [1.165, 1.54) is 5.57 Å². The summed E-state index contributed by atoms with van der Waals surface area (Å²) < 4.78 is 5.84. The molecule has 12 nitrogen and oxygen atoms in total. The molecule has 2 aromatic rings. The maximum atomic E-state index is 9.08. The Kier molecular flexibility index (Phi) is 8.91. The van der Waals surface area contributed by atoms with E-state index in [0.29, 0.717) is 46.3 Å². The number of allylic oxidation sites excluding steroid dienone is 2. The van der Waals surface area contributed by atoms with Crippen molar-refractivity contribution in [3.63, 3.8) is 0 Å². The summed E-state index contributed by atoms with van der Waals surface area (Å²) in [4.78, 5) is 6.56. The topological polar surface area (TPSA) is 207 Å². The van der Waals surface area contributed by atoms with Crippen LogP contribution in [0.3, 0.4) is 0 Å². The maximum Gasteiger partial charge on any atom is 0.151 e. The summed E-state index contributed by atoms with van der Waals surface area (Å²) in [6, 6.07) is 11.4. The van der Waals surface area contributed by atoms with E-state index < -0.39 is 0 Å². The van der Waals surface area contributed by atoms with Crippen molar-refractivity contribution in [1.82, 2.24) is 20.2 Å². The van der Waals surface area contributed by atoms with E-state index in [-0.39, 0.29) is 11.9 Å². The number of methoxy groups -OCH3 is 1. The molecule has 0 amide bonds. The minimum Gasteiger partial charge on any atom is -0.494 e. The van der Waals surface area contributed by atoms with Gasteiger partial charge in [-0.25, -0.2) is 10.8 Å². The van der Waals surface area contributed by atoms with Crippen LogP contribution in [0, 0.1) is 18.3 Å². The average molecular weight is 558 g/mol. The summed E-state index contributed by atoms with van der Waals surface area (Å²) in [5, 5.41) is 17.2. The number of pyridine rings is 1. The van der Waals surface area contributed by atoms with Gasteiger partial charge in [-0.1, -0.05) is 12.1 Å². The van der Waals surface area contributed by atoms with Crippen molar-refractivity contribution in [3.8, 4) is 11.8 Å². The van der Waals surface area contributed by atoms with Crippen LogP contribution in [0.2, 0.25) is 0 Å². The number of hydrogen-bond acceptors (Lipinski definition) is 12. The molecule has 0 radical (unpaired) electrons. The Bertz CT molecular complexity index is 1450. The summed E-state index contributed by atoms with van der Waals surface area (Å²) >= 11 is 0. The van der Waals surface area contributed by atoms with Crippen LogP contribution in [0.1, 0.15) is 35.4 Å². The molecule has 1 aromatic carbocycles. The van der Waals surface area contributed by atoms with Gasteiger partial charge in [0.2, 0.25) is 0 Å². The van der Waals surface area contributed by atoms with E-state index in [0.717, 1.165) is 42.9 Å². The highest BCUT2D eigenvalue weighted by Crippen LogP contribution is 2.37. The molecule has 0 unspecified atom stereocenters. The van der Waals surface area contributed by atoms with Crippen molar-refractivity contribution >= 4 is 11.4 Å². The van der Waals surface area contributed by atoms with E-state index >= 15 is 0 Å². The highest BCUT2D eigenvalue weighted by atomic mass is 16.5. The number of aromatic nitrogens is 1. The van der Waals surface area contributed by atoms with Gasteiger partial charge in [-0.15, -0.1) is 0 Å². The Morgan fingerprint density at radius 3 is 2.54 bits per heavy atom. The number of nitriles is 1. The van der Waals surface area contributed by atoms with E-state index in [9.17, 15) is 0 Å². The van der Waals surface area contributed by atoms with Crippen LogP contribution in [0.25, 0.3) is 5.70 Å². The van der Waals surface area contributed by atoms with E-state index in [1.807, 2.05) is 38.2 Å². The number of anilines is 1. The molecular weight excluding hydrogens is 518 g/mol. The van der Waals surface area contributed by atoms with Gasteiger partial charge in [0.05, 0.1) is 53.1 Å². The van der Waals surface area contributed by atoms with E-state index in [1.54, 1.807) is 30.5 Å². The number of nitrogens with two attached hydrogens (primary N) is 5. The van der Waals surface area contributed by atoms with Gasteiger partial charge in [0.1, 0.15) is 11.8 Å². The number of aryl methyl sites for hydroxylation is 1. The van der Waals surface area contributed by atoms with Gasteiger partial charge in [0.15, 0.2) is 5.75 Å². The van der Waals surface area contributed by atoms with Crippen LogP contribution in [0.5, 0.6) is 5.75 Å². The number of rotatable bonds is 11. The largest absolute Gasteiger partial charge is 0.494 e. The third kappa shape index (κ3) is 6.84. The molecule has 12 heteroatoms. The second-order valence-corrected chi connectivity index (χ2v) is 10.2. The third-order valence-corrected chi connectivity index (χ3v) is 7.06. The summed E-state index contributed by atoms with van der Waals surface area (Å²) in [5.74, 6) is 7.06. The van der Waals surface area contributed by atoms with Crippen molar-refractivity contribution in [1.29, 1.82) is 5.26 Å². The Balaban J connectivity index is 1.54. The van der Waals surface area contributed by atoms with Crippen LogP contribution < -0.4 is 44.1 Å². The van der Waals surface area contributed by atoms with Gasteiger partial charge in [-0.05, 0) is 49.1 Å². The molecule has 12 N–H and O–H groups in total. The summed E-state index contributed by atoms with van der Waals surface area (Å²) in [7, 11) is 3.42. The van der Waals surface area contributed by atoms with Gasteiger partial charge in [-0.3, -0.25) is 4.90 Å². The zero-order chi connectivity index (χ0) is 29.7. The molecule has 4 rings (SSSR count). The highest BCUT2D eigenvalue weighted by molar-refractivity contribution is 5.79. The highest BCUT2D eigenvalue weighted by Gasteiger charge is 2.30. The predicted octanol–water partition coefficient (Wildman–Crippen LogP) is 1.20. The Morgan fingerprint density at radius 2 is 1.93 bits per heavy atom. The first-order valence-corrected chi connectivity index (χ1v) is 13.3. The van der Waals surface area contributed by atoms with E-state index in [4.69, 9.17) is 38.8 Å². The number of hydrazine groups is 1. The lowest BCUT2D eigenvalue weighted by atomic mass is 10.0. The number of ether oxygens (including phenoxy) is 1. The SMILES string of the molecule is CNC(=C1CC1)/C(N)=C(/C=C(N)N)Nc1ccc(C)c(/C(N)=C/N(N)C2CN(Cc3cccc(C#N)n3)C2)c1OC. The van der Waals surface area contributed by atoms with Crippen molar-refractivity contribution < 1.29 is 4.74 Å². The lowest BCUT2D eigenvalue weighted by Gasteiger charge is -2.43. The Morgan fingerprint density at radius 1 is 1.20 bits per heavy atom. The van der Waals surface area contributed by atoms with Gasteiger partial charge >= 0.3 is 0 Å². The minimum atomic E-state index is 0.0720. The van der Waals surface area contributed by atoms with E-state index in [2.05, 4.69) is 26.6 Å². The monoisotopic (exact) mass is 557 g/mol. The van der Waals surface area contributed by atoms with Gasteiger partial charge in [-0.2, -0.15) is 5.26 Å². The first kappa shape index (κ1) is 29.1. The third-order valence-electron chi connectivity index (χ3n) is 7.06. The lowest BCUT2D eigenvalue weighted by Crippen LogP contribution is -2.59. The molecule has 1 saturated heterocycles. The molecule has 1 aliphatic heterocycles. The quantitative estimate of drug-likeness (QED) is 0.118. The second kappa shape index (κ2) is 12.5. The maximum absolute atomic E-state index is 9.08. The summed E-state index contributed by atoms with van der Waals surface area (Å²) in [5.41, 5.74) is 31.9. The number of nitrogens with one attached hydrogen (secondary N) is 2. The first-order chi connectivity index (χ1) is 19.6. The van der Waals surface area contributed by atoms with Crippen LogP contribution >= 0.6 is 0 Å². The number of benzene rings is 1. The Labute approximate surface area is 240 Å². The standard InChI is InChI=1S/C29H39N11O/c1-17-7-10-23(38-24(11-25(32)33)27(34)28(36-2)18-8-9-18)29(41-3)26(17)22(31)16-40(35)21-14-39(15-21)13-20-6-4-5-19(12-30)37-20/h4-7,10-11,16,21,36,38H,8-9,13-15,31-35H2,1-3H3/b22-16-,27-24+. The van der Waals surface area contributed by atoms with Crippen LogP contribution in [-0.2, 0) is 6.54 Å². The van der Waals surface area contributed by atoms with Crippen LogP contribution in [-0.4, -0.2) is 48.2 Å². The fraction of sp³-hybridized carbons (Fsp3) is 0.310. The fourth-order valence-electron chi connectivity index (χ4n) is 4.84. The molecule has 2 heterocycles. The molecular formula is C29H39N11O. The van der Waals surface area contributed by atoms with Gasteiger partial charge in [0, 0.05) is 44.5 Å². The van der Waals surface area contributed by atoms with Crippen molar-refractivity contribution in [2.75, 3.05) is 32.6 Å². The number of nitrogens with zero attached hydrogens (tertiary/aromatic N) is 4. The van der Waals surface area contributed by atoms with Crippen molar-refractivity contribution in [2.45, 2.75) is 32.4 Å². The molecule has 216 valence electrons.